The number of aromatic nitrogens is 1. The number of benzene rings is 2. The van der Waals surface area contributed by atoms with Gasteiger partial charge in [0.1, 0.15) is 17.0 Å². The van der Waals surface area contributed by atoms with Gasteiger partial charge in [0.15, 0.2) is 6.61 Å². The molecule has 3 aromatic rings. The maximum atomic E-state index is 12.4. The van der Waals surface area contributed by atoms with Crippen molar-refractivity contribution in [2.24, 2.45) is 0 Å². The van der Waals surface area contributed by atoms with E-state index in [2.05, 4.69) is 17.2 Å². The van der Waals surface area contributed by atoms with E-state index < -0.39 is 0 Å². The van der Waals surface area contributed by atoms with E-state index in [0.29, 0.717) is 18.0 Å². The van der Waals surface area contributed by atoms with Gasteiger partial charge in [0.05, 0.1) is 12.3 Å². The summed E-state index contributed by atoms with van der Waals surface area (Å²) in [4.78, 5) is 16.8. The topological polar surface area (TPSA) is 60.5 Å². The molecule has 0 unspecified atom stereocenters. The van der Waals surface area contributed by atoms with Crippen LogP contribution in [0.1, 0.15) is 30.9 Å². The first-order valence-electron chi connectivity index (χ1n) is 9.59. The van der Waals surface area contributed by atoms with Crippen LogP contribution in [0.5, 0.6) is 11.5 Å². The number of aryl methyl sites for hydroxylation is 2. The Hall–Kier alpha value is -3.08. The molecule has 0 saturated carbocycles. The molecule has 146 valence electrons. The van der Waals surface area contributed by atoms with E-state index in [1.165, 1.54) is 5.56 Å². The lowest BCUT2D eigenvalue weighted by Crippen LogP contribution is -2.20. The predicted octanol–water partition coefficient (Wildman–Crippen LogP) is 5.05. The number of nitrogens with zero attached hydrogens (tertiary/aromatic N) is 1. The number of rotatable bonds is 8. The van der Waals surface area contributed by atoms with Crippen LogP contribution in [0.4, 0.5) is 5.69 Å². The number of unbranched alkanes of at least 4 members (excludes halogenated alkanes) is 1. The molecule has 1 amide bonds. The molecule has 0 aliphatic heterocycles. The predicted molar refractivity (Wildman–Crippen MR) is 112 cm³/mol. The lowest BCUT2D eigenvalue weighted by Gasteiger charge is -2.13. The molecule has 0 radical (unpaired) electrons. The second-order valence-electron chi connectivity index (χ2n) is 6.80. The van der Waals surface area contributed by atoms with Gasteiger partial charge in [-0.15, -0.1) is 0 Å². The molecule has 3 rings (SSSR count). The van der Waals surface area contributed by atoms with Crippen LogP contribution < -0.4 is 14.8 Å². The van der Waals surface area contributed by atoms with Crippen LogP contribution in [0, 0.1) is 13.8 Å². The Balaban J connectivity index is 1.70. The first kappa shape index (κ1) is 19.7. The first-order chi connectivity index (χ1) is 13.6. The molecular weight excluding hydrogens is 352 g/mol. The fraction of sp³-hybridized carbons (Fsp3) is 0.304. The summed E-state index contributed by atoms with van der Waals surface area (Å²) in [6.07, 6.45) is 3.78. The normalized spacial score (nSPS) is 10.7. The summed E-state index contributed by atoms with van der Waals surface area (Å²) in [5.74, 6) is 1.20. The van der Waals surface area contributed by atoms with E-state index >= 15 is 0 Å². The third-order valence-electron chi connectivity index (χ3n) is 4.61. The fourth-order valence-corrected chi connectivity index (χ4v) is 2.84. The summed E-state index contributed by atoms with van der Waals surface area (Å²) in [6, 6.07) is 13.3. The van der Waals surface area contributed by atoms with Gasteiger partial charge >= 0.3 is 0 Å². The van der Waals surface area contributed by atoms with Crippen molar-refractivity contribution in [3.8, 4) is 11.5 Å². The van der Waals surface area contributed by atoms with E-state index in [9.17, 15) is 4.79 Å². The number of carbonyl (C=O) groups is 1. The Morgan fingerprint density at radius 2 is 1.93 bits per heavy atom. The number of hydrogen-bond acceptors (Lipinski definition) is 4. The first-order valence-corrected chi connectivity index (χ1v) is 9.59. The van der Waals surface area contributed by atoms with Crippen molar-refractivity contribution in [3.63, 3.8) is 0 Å². The SMILES string of the molecule is CCCCOc1ccc(NC(=O)COc2ccc(C)c(C)c2)c2cccnc12. The summed E-state index contributed by atoms with van der Waals surface area (Å²) in [5, 5.41) is 3.76. The Bertz CT molecular complexity index is 969. The van der Waals surface area contributed by atoms with Gasteiger partial charge in [-0.25, -0.2) is 0 Å². The number of ether oxygens (including phenoxy) is 2. The highest BCUT2D eigenvalue weighted by atomic mass is 16.5. The molecule has 0 atom stereocenters. The van der Waals surface area contributed by atoms with Crippen molar-refractivity contribution in [1.29, 1.82) is 0 Å². The molecule has 2 aromatic carbocycles. The van der Waals surface area contributed by atoms with Crippen LogP contribution in [-0.4, -0.2) is 24.1 Å². The second-order valence-corrected chi connectivity index (χ2v) is 6.80. The van der Waals surface area contributed by atoms with Crippen LogP contribution in [0.15, 0.2) is 48.7 Å². The molecule has 0 fully saturated rings. The highest BCUT2D eigenvalue weighted by molar-refractivity contribution is 6.03. The van der Waals surface area contributed by atoms with Crippen LogP contribution in [0.3, 0.4) is 0 Å². The summed E-state index contributed by atoms with van der Waals surface area (Å²) >= 11 is 0. The highest BCUT2D eigenvalue weighted by Gasteiger charge is 2.11. The van der Waals surface area contributed by atoms with Crippen molar-refractivity contribution in [2.75, 3.05) is 18.5 Å². The monoisotopic (exact) mass is 378 g/mol. The largest absolute Gasteiger partial charge is 0.491 e. The Kier molecular flexibility index (Phi) is 6.48. The van der Waals surface area contributed by atoms with Crippen LogP contribution in [0.25, 0.3) is 10.9 Å². The van der Waals surface area contributed by atoms with E-state index in [-0.39, 0.29) is 12.5 Å². The Morgan fingerprint density at radius 3 is 2.71 bits per heavy atom. The van der Waals surface area contributed by atoms with Crippen molar-refractivity contribution in [1.82, 2.24) is 4.98 Å². The van der Waals surface area contributed by atoms with Gasteiger partial charge in [0.2, 0.25) is 0 Å². The zero-order valence-electron chi connectivity index (χ0n) is 16.6. The van der Waals surface area contributed by atoms with Gasteiger partial charge in [-0.1, -0.05) is 19.4 Å². The lowest BCUT2D eigenvalue weighted by atomic mass is 10.1. The number of carbonyl (C=O) groups excluding carboxylic acids is 1. The molecule has 1 aromatic heterocycles. The molecule has 5 heteroatoms. The molecular formula is C23H26N2O3. The molecule has 28 heavy (non-hydrogen) atoms. The van der Waals surface area contributed by atoms with Gasteiger partial charge in [-0.3, -0.25) is 9.78 Å². The minimum absolute atomic E-state index is 0.0565. The highest BCUT2D eigenvalue weighted by Crippen LogP contribution is 2.30. The third kappa shape index (κ3) is 4.80. The number of hydrogen-bond donors (Lipinski definition) is 1. The number of nitrogens with one attached hydrogen (secondary N) is 1. The zero-order chi connectivity index (χ0) is 19.9. The van der Waals surface area contributed by atoms with Crippen molar-refractivity contribution < 1.29 is 14.3 Å². The van der Waals surface area contributed by atoms with Crippen LogP contribution in [-0.2, 0) is 4.79 Å². The zero-order valence-corrected chi connectivity index (χ0v) is 16.6. The standard InChI is InChI=1S/C23H26N2O3/c1-4-5-13-27-21-11-10-20(19-7-6-12-24-23(19)21)25-22(26)15-28-18-9-8-16(2)17(3)14-18/h6-12,14H,4-5,13,15H2,1-3H3,(H,25,26). The average molecular weight is 378 g/mol. The molecule has 0 bridgehead atoms. The number of amides is 1. The minimum Gasteiger partial charge on any atom is -0.491 e. The minimum atomic E-state index is -0.219. The van der Waals surface area contributed by atoms with Gasteiger partial charge < -0.3 is 14.8 Å². The Morgan fingerprint density at radius 1 is 1.07 bits per heavy atom. The van der Waals surface area contributed by atoms with Gasteiger partial charge in [-0.05, 0) is 67.8 Å². The maximum Gasteiger partial charge on any atom is 0.262 e. The van der Waals surface area contributed by atoms with Crippen LogP contribution in [0.2, 0.25) is 0 Å². The Labute approximate surface area is 165 Å². The lowest BCUT2D eigenvalue weighted by molar-refractivity contribution is -0.118. The van der Waals surface area contributed by atoms with E-state index in [1.54, 1.807) is 6.20 Å². The van der Waals surface area contributed by atoms with E-state index in [0.717, 1.165) is 35.1 Å². The van der Waals surface area contributed by atoms with Gasteiger partial charge in [-0.2, -0.15) is 0 Å². The number of anilines is 1. The smallest absolute Gasteiger partial charge is 0.262 e. The van der Waals surface area contributed by atoms with E-state index in [4.69, 9.17) is 9.47 Å². The second kappa shape index (κ2) is 9.22. The van der Waals surface area contributed by atoms with Crippen molar-refractivity contribution in [3.05, 3.63) is 59.8 Å². The van der Waals surface area contributed by atoms with Gasteiger partial charge in [0, 0.05) is 11.6 Å². The summed E-state index contributed by atoms with van der Waals surface area (Å²) in [5.41, 5.74) is 3.76. The third-order valence-corrected chi connectivity index (χ3v) is 4.61. The molecule has 5 nitrogen and oxygen atoms in total. The molecule has 1 N–H and O–H groups in total. The van der Waals surface area contributed by atoms with Crippen molar-refractivity contribution >= 4 is 22.5 Å². The van der Waals surface area contributed by atoms with Crippen LogP contribution >= 0.6 is 0 Å². The van der Waals surface area contributed by atoms with Crippen molar-refractivity contribution in [2.45, 2.75) is 33.6 Å². The molecule has 0 aliphatic carbocycles. The summed E-state index contributed by atoms with van der Waals surface area (Å²) in [6.45, 7) is 6.78. The maximum absolute atomic E-state index is 12.4. The van der Waals surface area contributed by atoms with E-state index in [1.807, 2.05) is 56.3 Å². The number of fused-ring (bicyclic) bond motifs is 1. The number of pyridine rings is 1. The fourth-order valence-electron chi connectivity index (χ4n) is 2.84. The van der Waals surface area contributed by atoms with Gasteiger partial charge in [0.25, 0.3) is 5.91 Å². The average Bonchev–Trinajstić information content (AvgIpc) is 2.70. The molecule has 1 heterocycles. The molecule has 0 spiro atoms. The summed E-state index contributed by atoms with van der Waals surface area (Å²) < 4.78 is 11.5. The quantitative estimate of drug-likeness (QED) is 0.557. The summed E-state index contributed by atoms with van der Waals surface area (Å²) in [7, 11) is 0. The molecule has 0 aliphatic rings. The molecule has 0 saturated heterocycles.